The summed E-state index contributed by atoms with van der Waals surface area (Å²) in [5.41, 5.74) is 7.84. The van der Waals surface area contributed by atoms with Gasteiger partial charge < -0.3 is 15.4 Å². The Morgan fingerprint density at radius 1 is 1.37 bits per heavy atom. The third-order valence-electron chi connectivity index (χ3n) is 2.94. The lowest BCUT2D eigenvalue weighted by atomic mass is 10.1. The van der Waals surface area contributed by atoms with Gasteiger partial charge >= 0.3 is 0 Å². The molecule has 0 saturated heterocycles. The number of ether oxygens (including phenoxy) is 1. The van der Waals surface area contributed by atoms with Crippen LogP contribution in [0.25, 0.3) is 0 Å². The van der Waals surface area contributed by atoms with E-state index in [-0.39, 0.29) is 5.91 Å². The third-order valence-corrected chi connectivity index (χ3v) is 2.94. The molecular formula is C14H23N3O2. The maximum absolute atomic E-state index is 12.5. The van der Waals surface area contributed by atoms with E-state index in [4.69, 9.17) is 10.5 Å². The number of pyridine rings is 1. The summed E-state index contributed by atoms with van der Waals surface area (Å²) in [5.74, 6) is -0.00417. The quantitative estimate of drug-likeness (QED) is 0.802. The molecule has 0 saturated carbocycles. The summed E-state index contributed by atoms with van der Waals surface area (Å²) >= 11 is 0. The zero-order valence-corrected chi connectivity index (χ0v) is 12.0. The molecule has 2 N–H and O–H groups in total. The highest BCUT2D eigenvalue weighted by atomic mass is 16.5. The van der Waals surface area contributed by atoms with Gasteiger partial charge in [-0.2, -0.15) is 0 Å². The van der Waals surface area contributed by atoms with Crippen molar-refractivity contribution in [1.82, 2.24) is 9.88 Å². The monoisotopic (exact) mass is 265 g/mol. The van der Waals surface area contributed by atoms with Crippen LogP contribution in [0.4, 0.5) is 0 Å². The minimum Gasteiger partial charge on any atom is -0.383 e. The molecule has 19 heavy (non-hydrogen) atoms. The molecule has 0 bridgehead atoms. The van der Waals surface area contributed by atoms with Crippen molar-refractivity contribution in [2.75, 3.05) is 33.4 Å². The molecule has 5 nitrogen and oxygen atoms in total. The second-order valence-electron chi connectivity index (χ2n) is 4.51. The Bertz CT molecular complexity index is 413. The fourth-order valence-electron chi connectivity index (χ4n) is 1.88. The van der Waals surface area contributed by atoms with E-state index in [1.807, 2.05) is 26.0 Å². The van der Waals surface area contributed by atoms with Crippen LogP contribution in [0.2, 0.25) is 0 Å². The molecule has 1 aromatic rings. The molecule has 0 fully saturated rings. The highest BCUT2D eigenvalue weighted by Gasteiger charge is 2.17. The summed E-state index contributed by atoms with van der Waals surface area (Å²) in [4.78, 5) is 18.6. The zero-order chi connectivity index (χ0) is 14.3. The van der Waals surface area contributed by atoms with Crippen molar-refractivity contribution < 1.29 is 9.53 Å². The van der Waals surface area contributed by atoms with Gasteiger partial charge in [-0.05, 0) is 38.9 Å². The van der Waals surface area contributed by atoms with Crippen LogP contribution in [0.15, 0.2) is 12.1 Å². The first-order valence-corrected chi connectivity index (χ1v) is 6.52. The predicted molar refractivity (Wildman–Crippen MR) is 75.2 cm³/mol. The van der Waals surface area contributed by atoms with Gasteiger partial charge in [-0.3, -0.25) is 9.78 Å². The van der Waals surface area contributed by atoms with E-state index in [1.165, 1.54) is 0 Å². The van der Waals surface area contributed by atoms with Crippen LogP contribution in [0.1, 0.15) is 28.2 Å². The summed E-state index contributed by atoms with van der Waals surface area (Å²) in [6, 6.07) is 3.69. The normalized spacial score (nSPS) is 10.5. The van der Waals surface area contributed by atoms with Crippen LogP contribution < -0.4 is 5.73 Å². The Kier molecular flexibility index (Phi) is 6.45. The molecule has 0 aliphatic carbocycles. The SMILES string of the molecule is COCCN(CCCN)C(=O)c1ccc(C)nc1C. The van der Waals surface area contributed by atoms with Gasteiger partial charge in [-0.15, -0.1) is 0 Å². The van der Waals surface area contributed by atoms with E-state index in [2.05, 4.69) is 4.98 Å². The predicted octanol–water partition coefficient (Wildman–Crippen LogP) is 1.14. The molecule has 0 atom stereocenters. The number of amides is 1. The minimum absolute atomic E-state index is 0.00417. The van der Waals surface area contributed by atoms with Gasteiger partial charge in [0, 0.05) is 25.9 Å². The summed E-state index contributed by atoms with van der Waals surface area (Å²) in [5, 5.41) is 0. The molecule has 0 unspecified atom stereocenters. The van der Waals surface area contributed by atoms with Gasteiger partial charge in [0.25, 0.3) is 5.91 Å². The zero-order valence-electron chi connectivity index (χ0n) is 12.0. The molecule has 1 rings (SSSR count). The molecule has 1 aromatic heterocycles. The average molecular weight is 265 g/mol. The largest absolute Gasteiger partial charge is 0.383 e. The van der Waals surface area contributed by atoms with E-state index >= 15 is 0 Å². The number of carbonyl (C=O) groups is 1. The van der Waals surface area contributed by atoms with Crippen LogP contribution in [-0.2, 0) is 4.74 Å². The molecule has 0 aliphatic rings. The Hall–Kier alpha value is -1.46. The van der Waals surface area contributed by atoms with E-state index in [0.29, 0.717) is 31.8 Å². The minimum atomic E-state index is -0.00417. The van der Waals surface area contributed by atoms with Crippen molar-refractivity contribution in [3.63, 3.8) is 0 Å². The van der Waals surface area contributed by atoms with Crippen molar-refractivity contribution in [2.24, 2.45) is 5.73 Å². The van der Waals surface area contributed by atoms with E-state index in [9.17, 15) is 4.79 Å². The van der Waals surface area contributed by atoms with Crippen LogP contribution in [0, 0.1) is 13.8 Å². The molecule has 0 aromatic carbocycles. The number of rotatable bonds is 7. The number of hydrogen-bond acceptors (Lipinski definition) is 4. The number of hydrogen-bond donors (Lipinski definition) is 1. The van der Waals surface area contributed by atoms with Gasteiger partial charge in [-0.25, -0.2) is 0 Å². The number of aryl methyl sites for hydroxylation is 2. The Balaban J connectivity index is 2.84. The first-order valence-electron chi connectivity index (χ1n) is 6.52. The lowest BCUT2D eigenvalue weighted by Gasteiger charge is -2.23. The van der Waals surface area contributed by atoms with Crippen molar-refractivity contribution in [2.45, 2.75) is 20.3 Å². The average Bonchev–Trinajstić information content (AvgIpc) is 2.38. The second kappa shape index (κ2) is 7.86. The number of nitrogens with zero attached hydrogens (tertiary/aromatic N) is 2. The molecule has 1 heterocycles. The maximum atomic E-state index is 12.5. The van der Waals surface area contributed by atoms with E-state index in [1.54, 1.807) is 12.0 Å². The molecule has 106 valence electrons. The van der Waals surface area contributed by atoms with Crippen LogP contribution in [0.5, 0.6) is 0 Å². The van der Waals surface area contributed by atoms with Crippen molar-refractivity contribution >= 4 is 5.91 Å². The second-order valence-corrected chi connectivity index (χ2v) is 4.51. The molecule has 0 aliphatic heterocycles. The van der Waals surface area contributed by atoms with Crippen molar-refractivity contribution in [3.8, 4) is 0 Å². The molecule has 5 heteroatoms. The van der Waals surface area contributed by atoms with E-state index in [0.717, 1.165) is 17.8 Å². The number of nitrogens with two attached hydrogens (primary N) is 1. The van der Waals surface area contributed by atoms with Crippen molar-refractivity contribution in [1.29, 1.82) is 0 Å². The number of methoxy groups -OCH3 is 1. The first kappa shape index (κ1) is 15.6. The Morgan fingerprint density at radius 3 is 2.68 bits per heavy atom. The Morgan fingerprint density at radius 2 is 2.11 bits per heavy atom. The van der Waals surface area contributed by atoms with Crippen molar-refractivity contribution in [3.05, 3.63) is 29.1 Å². The highest BCUT2D eigenvalue weighted by molar-refractivity contribution is 5.95. The molecule has 0 spiro atoms. The fourth-order valence-corrected chi connectivity index (χ4v) is 1.88. The Labute approximate surface area is 114 Å². The van der Waals surface area contributed by atoms with Gasteiger partial charge in [-0.1, -0.05) is 0 Å². The van der Waals surface area contributed by atoms with Gasteiger partial charge in [0.05, 0.1) is 17.9 Å². The van der Waals surface area contributed by atoms with Gasteiger partial charge in [0.15, 0.2) is 0 Å². The summed E-state index contributed by atoms with van der Waals surface area (Å²) < 4.78 is 5.05. The smallest absolute Gasteiger partial charge is 0.255 e. The third kappa shape index (κ3) is 4.61. The molecule has 1 amide bonds. The van der Waals surface area contributed by atoms with Crippen LogP contribution in [0.3, 0.4) is 0 Å². The van der Waals surface area contributed by atoms with Crippen LogP contribution >= 0.6 is 0 Å². The lowest BCUT2D eigenvalue weighted by Crippen LogP contribution is -2.36. The standard InChI is InChI=1S/C14H23N3O2/c1-11-5-6-13(12(2)16-11)14(18)17(8-4-7-15)9-10-19-3/h5-6H,4,7-10,15H2,1-3H3. The van der Waals surface area contributed by atoms with Gasteiger partial charge in [0.2, 0.25) is 0 Å². The maximum Gasteiger partial charge on any atom is 0.255 e. The van der Waals surface area contributed by atoms with E-state index < -0.39 is 0 Å². The molecule has 0 radical (unpaired) electrons. The van der Waals surface area contributed by atoms with Gasteiger partial charge in [0.1, 0.15) is 0 Å². The first-order chi connectivity index (χ1) is 9.10. The van der Waals surface area contributed by atoms with Crippen LogP contribution in [-0.4, -0.2) is 49.1 Å². The summed E-state index contributed by atoms with van der Waals surface area (Å²) in [7, 11) is 1.63. The highest BCUT2D eigenvalue weighted by Crippen LogP contribution is 2.10. The fraction of sp³-hybridized carbons (Fsp3) is 0.571. The number of aromatic nitrogens is 1. The number of carbonyl (C=O) groups excluding carboxylic acids is 1. The molecular weight excluding hydrogens is 242 g/mol. The summed E-state index contributed by atoms with van der Waals surface area (Å²) in [6.45, 7) is 6.08. The summed E-state index contributed by atoms with van der Waals surface area (Å²) in [6.07, 6.45) is 0.786. The lowest BCUT2D eigenvalue weighted by molar-refractivity contribution is 0.0693. The topological polar surface area (TPSA) is 68.5 Å².